The Balaban J connectivity index is 2.25. The number of benzene rings is 2. The summed E-state index contributed by atoms with van der Waals surface area (Å²) in [6, 6.07) is 8.43. The lowest BCUT2D eigenvalue weighted by Crippen LogP contribution is -2.42. The molecule has 2 aromatic carbocycles. The summed E-state index contributed by atoms with van der Waals surface area (Å²) in [4.78, 5) is 12.7. The molecule has 0 aromatic heterocycles. The summed E-state index contributed by atoms with van der Waals surface area (Å²) in [7, 11) is -3.82. The van der Waals surface area contributed by atoms with Gasteiger partial charge < -0.3 is 5.32 Å². The normalized spacial score (nSPS) is 12.7. The molecular weight excluding hydrogens is 348 g/mol. The van der Waals surface area contributed by atoms with Gasteiger partial charge in [0.25, 0.3) is 0 Å². The van der Waals surface area contributed by atoms with E-state index in [9.17, 15) is 13.2 Å². The van der Waals surface area contributed by atoms with E-state index in [1.165, 1.54) is 6.92 Å². The van der Waals surface area contributed by atoms with Crippen LogP contribution >= 0.6 is 0 Å². The van der Waals surface area contributed by atoms with E-state index in [0.29, 0.717) is 16.8 Å². The zero-order valence-electron chi connectivity index (χ0n) is 16.1. The maximum atomic E-state index is 12.9. The Morgan fingerprint density at radius 3 is 2.08 bits per heavy atom. The molecule has 1 amide bonds. The molecule has 0 saturated carbocycles. The number of amides is 1. The monoisotopic (exact) mass is 374 g/mol. The van der Waals surface area contributed by atoms with Gasteiger partial charge in [0.15, 0.2) is 0 Å². The standard InChI is InChI=1S/C20H26N2O3S/c1-12-8-7-9-18(10-12)21-20(23)17(6)22-26(24,25)19-15(4)13(2)11-14(3)16(19)5/h7-11,17,22H,1-6H3,(H,21,23)/t17-/m0/s1. The lowest BCUT2D eigenvalue weighted by molar-refractivity contribution is -0.117. The van der Waals surface area contributed by atoms with Gasteiger partial charge in [-0.15, -0.1) is 0 Å². The van der Waals surface area contributed by atoms with Crippen LogP contribution in [0.15, 0.2) is 35.2 Å². The van der Waals surface area contributed by atoms with Crippen LogP contribution in [0.4, 0.5) is 5.69 Å². The van der Waals surface area contributed by atoms with Crippen LogP contribution < -0.4 is 10.0 Å². The first-order valence-electron chi connectivity index (χ1n) is 8.50. The van der Waals surface area contributed by atoms with Crippen LogP contribution in [-0.2, 0) is 14.8 Å². The molecule has 140 valence electrons. The molecule has 0 heterocycles. The molecule has 0 fully saturated rings. The zero-order chi connectivity index (χ0) is 19.6. The van der Waals surface area contributed by atoms with Crippen LogP contribution in [0.1, 0.15) is 34.7 Å². The van der Waals surface area contributed by atoms with Crippen molar-refractivity contribution in [2.75, 3.05) is 5.32 Å². The van der Waals surface area contributed by atoms with Crippen molar-refractivity contribution in [2.45, 2.75) is 52.5 Å². The molecule has 1 atom stereocenters. The summed E-state index contributed by atoms with van der Waals surface area (Å²) in [5.74, 6) is -0.404. The molecule has 0 aliphatic heterocycles. The molecule has 0 aliphatic rings. The summed E-state index contributed by atoms with van der Waals surface area (Å²) < 4.78 is 28.3. The summed E-state index contributed by atoms with van der Waals surface area (Å²) >= 11 is 0. The van der Waals surface area contributed by atoms with Crippen LogP contribution in [0.25, 0.3) is 0 Å². The van der Waals surface area contributed by atoms with Gasteiger partial charge in [-0.05, 0) is 81.5 Å². The fraction of sp³-hybridized carbons (Fsp3) is 0.350. The van der Waals surface area contributed by atoms with Crippen molar-refractivity contribution in [1.82, 2.24) is 4.72 Å². The number of carbonyl (C=O) groups excluding carboxylic acids is 1. The summed E-state index contributed by atoms with van der Waals surface area (Å²) in [6.45, 7) is 10.8. The molecule has 0 spiro atoms. The van der Waals surface area contributed by atoms with Gasteiger partial charge in [0, 0.05) is 5.69 Å². The third-order valence-corrected chi connectivity index (χ3v) is 6.39. The largest absolute Gasteiger partial charge is 0.325 e. The molecule has 0 unspecified atom stereocenters. The minimum absolute atomic E-state index is 0.255. The molecule has 2 N–H and O–H groups in total. The summed E-state index contributed by atoms with van der Waals surface area (Å²) in [5, 5.41) is 2.74. The van der Waals surface area contributed by atoms with Gasteiger partial charge in [-0.1, -0.05) is 18.2 Å². The van der Waals surface area contributed by atoms with Gasteiger partial charge in [0.1, 0.15) is 0 Å². The lowest BCUT2D eigenvalue weighted by atomic mass is 10.0. The molecule has 2 aromatic rings. The average Bonchev–Trinajstić information content (AvgIpc) is 2.52. The van der Waals surface area contributed by atoms with E-state index < -0.39 is 22.0 Å². The Kier molecular flexibility index (Phi) is 5.88. The van der Waals surface area contributed by atoms with Crippen molar-refractivity contribution in [2.24, 2.45) is 0 Å². The van der Waals surface area contributed by atoms with E-state index in [1.54, 1.807) is 19.9 Å². The summed E-state index contributed by atoms with van der Waals surface area (Å²) in [6.07, 6.45) is 0. The highest BCUT2D eigenvalue weighted by molar-refractivity contribution is 7.89. The van der Waals surface area contributed by atoms with E-state index in [2.05, 4.69) is 10.0 Å². The zero-order valence-corrected chi connectivity index (χ0v) is 16.9. The van der Waals surface area contributed by atoms with Crippen molar-refractivity contribution in [3.63, 3.8) is 0 Å². The van der Waals surface area contributed by atoms with Gasteiger partial charge in [-0.3, -0.25) is 4.79 Å². The van der Waals surface area contributed by atoms with E-state index in [0.717, 1.165) is 16.7 Å². The Hall–Kier alpha value is -2.18. The Morgan fingerprint density at radius 2 is 1.54 bits per heavy atom. The highest BCUT2D eigenvalue weighted by Crippen LogP contribution is 2.26. The first-order chi connectivity index (χ1) is 12.0. The molecule has 26 heavy (non-hydrogen) atoms. The minimum atomic E-state index is -3.82. The number of aryl methyl sites for hydroxylation is 3. The van der Waals surface area contributed by atoms with Gasteiger partial charge in [0.2, 0.25) is 15.9 Å². The second-order valence-electron chi connectivity index (χ2n) is 6.79. The van der Waals surface area contributed by atoms with Crippen LogP contribution in [0.5, 0.6) is 0 Å². The topological polar surface area (TPSA) is 75.3 Å². The van der Waals surface area contributed by atoms with Gasteiger partial charge in [-0.25, -0.2) is 8.42 Å². The van der Waals surface area contributed by atoms with E-state index >= 15 is 0 Å². The van der Waals surface area contributed by atoms with E-state index in [1.807, 2.05) is 45.0 Å². The van der Waals surface area contributed by atoms with Gasteiger partial charge in [0.05, 0.1) is 10.9 Å². The molecule has 0 bridgehead atoms. The number of rotatable bonds is 5. The number of hydrogen-bond donors (Lipinski definition) is 2. The second-order valence-corrected chi connectivity index (χ2v) is 8.44. The fourth-order valence-corrected chi connectivity index (χ4v) is 4.72. The van der Waals surface area contributed by atoms with Crippen LogP contribution in [0.2, 0.25) is 0 Å². The van der Waals surface area contributed by atoms with E-state index in [-0.39, 0.29) is 4.90 Å². The number of anilines is 1. The number of carbonyl (C=O) groups is 1. The van der Waals surface area contributed by atoms with Crippen LogP contribution in [0.3, 0.4) is 0 Å². The van der Waals surface area contributed by atoms with Crippen LogP contribution in [0, 0.1) is 34.6 Å². The number of sulfonamides is 1. The molecule has 0 radical (unpaired) electrons. The van der Waals surface area contributed by atoms with Crippen molar-refractivity contribution in [1.29, 1.82) is 0 Å². The first-order valence-corrected chi connectivity index (χ1v) is 9.98. The maximum absolute atomic E-state index is 12.9. The van der Waals surface area contributed by atoms with Crippen LogP contribution in [-0.4, -0.2) is 20.4 Å². The minimum Gasteiger partial charge on any atom is -0.325 e. The molecule has 2 rings (SSSR count). The third-order valence-electron chi connectivity index (χ3n) is 4.58. The predicted molar refractivity (Wildman–Crippen MR) is 105 cm³/mol. The predicted octanol–water partition coefficient (Wildman–Crippen LogP) is 3.53. The highest BCUT2D eigenvalue weighted by Gasteiger charge is 2.26. The molecule has 6 heteroatoms. The van der Waals surface area contributed by atoms with Crippen molar-refractivity contribution in [3.05, 3.63) is 58.1 Å². The second kappa shape index (κ2) is 7.60. The Morgan fingerprint density at radius 1 is 0.962 bits per heavy atom. The Bertz CT molecular complexity index is 924. The average molecular weight is 375 g/mol. The van der Waals surface area contributed by atoms with Crippen molar-refractivity contribution in [3.8, 4) is 0 Å². The summed E-state index contributed by atoms with van der Waals surface area (Å²) in [5.41, 5.74) is 4.87. The van der Waals surface area contributed by atoms with Crippen molar-refractivity contribution < 1.29 is 13.2 Å². The SMILES string of the molecule is Cc1cccc(NC(=O)[C@H](C)NS(=O)(=O)c2c(C)c(C)cc(C)c2C)c1. The third kappa shape index (κ3) is 4.31. The Labute approximate surface area is 155 Å². The fourth-order valence-electron chi connectivity index (χ4n) is 2.90. The molecule has 0 aliphatic carbocycles. The molecule has 0 saturated heterocycles. The quantitative estimate of drug-likeness (QED) is 0.841. The molecule has 5 nitrogen and oxygen atoms in total. The number of nitrogens with one attached hydrogen (secondary N) is 2. The smallest absolute Gasteiger partial charge is 0.242 e. The lowest BCUT2D eigenvalue weighted by Gasteiger charge is -2.19. The maximum Gasteiger partial charge on any atom is 0.242 e. The first kappa shape index (κ1) is 20.1. The molecular formula is C20H26N2O3S. The van der Waals surface area contributed by atoms with Gasteiger partial charge >= 0.3 is 0 Å². The number of hydrogen-bond acceptors (Lipinski definition) is 3. The highest BCUT2D eigenvalue weighted by atomic mass is 32.2. The van der Waals surface area contributed by atoms with Gasteiger partial charge in [-0.2, -0.15) is 4.72 Å². The van der Waals surface area contributed by atoms with E-state index in [4.69, 9.17) is 0 Å². The van der Waals surface area contributed by atoms with Crippen molar-refractivity contribution >= 4 is 21.6 Å².